The summed E-state index contributed by atoms with van der Waals surface area (Å²) >= 11 is 0. The molecule has 0 saturated heterocycles. The average molecular weight is 191 g/mol. The van der Waals surface area contributed by atoms with Gasteiger partial charge in [0.2, 0.25) is 0 Å². The third kappa shape index (κ3) is 8.18. The van der Waals surface area contributed by atoms with E-state index >= 15 is 0 Å². The second-order valence-corrected chi connectivity index (χ2v) is 3.36. The Labute approximate surface area is 79.8 Å². The van der Waals surface area contributed by atoms with E-state index in [0.717, 1.165) is 19.3 Å². The van der Waals surface area contributed by atoms with Crippen molar-refractivity contribution in [1.29, 1.82) is 0 Å². The van der Waals surface area contributed by atoms with Crippen LogP contribution in [0.3, 0.4) is 0 Å². The molecule has 0 fully saturated rings. The van der Waals surface area contributed by atoms with Crippen LogP contribution in [0.25, 0.3) is 0 Å². The van der Waals surface area contributed by atoms with E-state index in [9.17, 15) is 5.11 Å². The SMILES string of the molecule is CN(CCO)CC(O)CCCCO. The average Bonchev–Trinajstić information content (AvgIpc) is 2.05. The number of hydrogen-bond donors (Lipinski definition) is 3. The van der Waals surface area contributed by atoms with Crippen molar-refractivity contribution in [1.82, 2.24) is 4.90 Å². The molecule has 1 atom stereocenters. The van der Waals surface area contributed by atoms with Gasteiger partial charge in [0, 0.05) is 19.7 Å². The van der Waals surface area contributed by atoms with Crippen molar-refractivity contribution in [2.24, 2.45) is 0 Å². The number of aliphatic hydroxyl groups is 3. The molecular weight excluding hydrogens is 170 g/mol. The molecule has 1 unspecified atom stereocenters. The van der Waals surface area contributed by atoms with Crippen molar-refractivity contribution >= 4 is 0 Å². The first-order valence-electron chi connectivity index (χ1n) is 4.79. The lowest BCUT2D eigenvalue weighted by atomic mass is 10.1. The predicted molar refractivity (Wildman–Crippen MR) is 51.5 cm³/mol. The fourth-order valence-corrected chi connectivity index (χ4v) is 1.20. The maximum absolute atomic E-state index is 9.47. The topological polar surface area (TPSA) is 63.9 Å². The molecule has 4 heteroatoms. The number of unbranched alkanes of at least 4 members (excludes halogenated alkanes) is 1. The van der Waals surface area contributed by atoms with Crippen LogP contribution < -0.4 is 0 Å². The summed E-state index contributed by atoms with van der Waals surface area (Å²) in [6.45, 7) is 1.50. The van der Waals surface area contributed by atoms with Gasteiger partial charge < -0.3 is 20.2 Å². The Bertz CT molecular complexity index is 111. The minimum atomic E-state index is -0.344. The quantitative estimate of drug-likeness (QED) is 0.450. The number of aliphatic hydroxyl groups excluding tert-OH is 3. The standard InChI is InChI=1S/C9H21NO3/c1-10(5-7-12)8-9(13)4-2-3-6-11/h9,11-13H,2-8H2,1H3. The summed E-state index contributed by atoms with van der Waals surface area (Å²) in [5.74, 6) is 0. The van der Waals surface area contributed by atoms with E-state index in [1.54, 1.807) is 0 Å². The second-order valence-electron chi connectivity index (χ2n) is 3.36. The summed E-state index contributed by atoms with van der Waals surface area (Å²) < 4.78 is 0. The monoisotopic (exact) mass is 191 g/mol. The van der Waals surface area contributed by atoms with Crippen LogP contribution in [-0.2, 0) is 0 Å². The number of likely N-dealkylation sites (N-methyl/N-ethyl adjacent to an activating group) is 1. The maximum Gasteiger partial charge on any atom is 0.0667 e. The largest absolute Gasteiger partial charge is 0.396 e. The molecule has 4 nitrogen and oxygen atoms in total. The van der Waals surface area contributed by atoms with Gasteiger partial charge in [-0.3, -0.25) is 0 Å². The highest BCUT2D eigenvalue weighted by atomic mass is 16.3. The second kappa shape index (κ2) is 8.44. The Morgan fingerprint density at radius 3 is 2.38 bits per heavy atom. The molecule has 0 saturated carbocycles. The van der Waals surface area contributed by atoms with E-state index in [0.29, 0.717) is 13.1 Å². The van der Waals surface area contributed by atoms with Crippen molar-refractivity contribution in [3.05, 3.63) is 0 Å². The number of hydrogen-bond acceptors (Lipinski definition) is 4. The molecule has 0 amide bonds. The minimum Gasteiger partial charge on any atom is -0.396 e. The molecule has 13 heavy (non-hydrogen) atoms. The Morgan fingerprint density at radius 1 is 1.15 bits per heavy atom. The van der Waals surface area contributed by atoms with Gasteiger partial charge in [-0.25, -0.2) is 0 Å². The lowest BCUT2D eigenvalue weighted by Gasteiger charge is -2.19. The van der Waals surface area contributed by atoms with Crippen molar-refractivity contribution < 1.29 is 15.3 Å². The van der Waals surface area contributed by atoms with Gasteiger partial charge in [-0.2, -0.15) is 0 Å². The zero-order valence-corrected chi connectivity index (χ0v) is 8.32. The fourth-order valence-electron chi connectivity index (χ4n) is 1.20. The van der Waals surface area contributed by atoms with Crippen molar-refractivity contribution in [2.75, 3.05) is 33.4 Å². The molecule has 0 rings (SSSR count). The summed E-state index contributed by atoms with van der Waals surface area (Å²) in [5.41, 5.74) is 0. The lowest BCUT2D eigenvalue weighted by Crippen LogP contribution is -2.31. The smallest absolute Gasteiger partial charge is 0.0667 e. The first kappa shape index (κ1) is 12.8. The van der Waals surface area contributed by atoms with E-state index in [-0.39, 0.29) is 19.3 Å². The number of rotatable bonds is 8. The Hall–Kier alpha value is -0.160. The number of nitrogens with zero attached hydrogens (tertiary/aromatic N) is 1. The van der Waals surface area contributed by atoms with E-state index < -0.39 is 0 Å². The van der Waals surface area contributed by atoms with Crippen LogP contribution in [0.15, 0.2) is 0 Å². The molecule has 0 aliphatic carbocycles. The normalized spacial score (nSPS) is 13.6. The predicted octanol–water partition coefficient (Wildman–Crippen LogP) is -0.566. The summed E-state index contributed by atoms with van der Waals surface area (Å²) in [7, 11) is 1.87. The minimum absolute atomic E-state index is 0.125. The first-order chi connectivity index (χ1) is 6.20. The van der Waals surface area contributed by atoms with Crippen LogP contribution in [0.5, 0.6) is 0 Å². The highest BCUT2D eigenvalue weighted by Crippen LogP contribution is 2.01. The Morgan fingerprint density at radius 2 is 1.85 bits per heavy atom. The van der Waals surface area contributed by atoms with E-state index in [1.165, 1.54) is 0 Å². The van der Waals surface area contributed by atoms with Crippen LogP contribution in [0, 0.1) is 0 Å². The zero-order valence-electron chi connectivity index (χ0n) is 8.32. The van der Waals surface area contributed by atoms with Crippen LogP contribution in [-0.4, -0.2) is 59.7 Å². The summed E-state index contributed by atoms with van der Waals surface area (Å²) in [6, 6.07) is 0. The lowest BCUT2D eigenvalue weighted by molar-refractivity contribution is 0.104. The third-order valence-corrected chi connectivity index (χ3v) is 1.95. The van der Waals surface area contributed by atoms with Crippen molar-refractivity contribution in [2.45, 2.75) is 25.4 Å². The van der Waals surface area contributed by atoms with E-state index in [1.807, 2.05) is 11.9 Å². The molecule has 0 aromatic rings. The molecule has 0 spiro atoms. The molecule has 0 aliphatic rings. The Balaban J connectivity index is 3.32. The summed E-state index contributed by atoms with van der Waals surface area (Å²) in [6.07, 6.45) is 1.98. The van der Waals surface area contributed by atoms with Gasteiger partial charge in [0.25, 0.3) is 0 Å². The molecule has 0 heterocycles. The van der Waals surface area contributed by atoms with Gasteiger partial charge in [-0.15, -0.1) is 0 Å². The highest BCUT2D eigenvalue weighted by Gasteiger charge is 2.06. The maximum atomic E-state index is 9.47. The van der Waals surface area contributed by atoms with Crippen LogP contribution in [0.2, 0.25) is 0 Å². The molecule has 0 aliphatic heterocycles. The van der Waals surface area contributed by atoms with Gasteiger partial charge in [0.1, 0.15) is 0 Å². The van der Waals surface area contributed by atoms with Gasteiger partial charge in [0.15, 0.2) is 0 Å². The van der Waals surface area contributed by atoms with Gasteiger partial charge in [-0.1, -0.05) is 0 Å². The van der Waals surface area contributed by atoms with E-state index in [4.69, 9.17) is 10.2 Å². The van der Waals surface area contributed by atoms with Crippen molar-refractivity contribution in [3.63, 3.8) is 0 Å². The molecule has 3 N–H and O–H groups in total. The fraction of sp³-hybridized carbons (Fsp3) is 1.00. The van der Waals surface area contributed by atoms with Gasteiger partial charge in [0.05, 0.1) is 12.7 Å². The molecule has 80 valence electrons. The zero-order chi connectivity index (χ0) is 10.1. The van der Waals surface area contributed by atoms with Crippen LogP contribution in [0.4, 0.5) is 0 Å². The molecule has 0 radical (unpaired) electrons. The van der Waals surface area contributed by atoms with Crippen LogP contribution >= 0.6 is 0 Å². The molecule has 0 bridgehead atoms. The molecular formula is C9H21NO3. The Kier molecular flexibility index (Phi) is 8.33. The van der Waals surface area contributed by atoms with E-state index in [2.05, 4.69) is 0 Å². The first-order valence-corrected chi connectivity index (χ1v) is 4.79. The summed E-state index contributed by atoms with van der Waals surface area (Å²) in [5, 5.41) is 26.6. The van der Waals surface area contributed by atoms with Crippen molar-refractivity contribution in [3.8, 4) is 0 Å². The molecule has 0 aromatic heterocycles. The molecule has 0 aromatic carbocycles. The van der Waals surface area contributed by atoms with Gasteiger partial charge in [-0.05, 0) is 26.3 Å². The van der Waals surface area contributed by atoms with Crippen LogP contribution in [0.1, 0.15) is 19.3 Å². The van der Waals surface area contributed by atoms with Gasteiger partial charge >= 0.3 is 0 Å². The third-order valence-electron chi connectivity index (χ3n) is 1.95. The highest BCUT2D eigenvalue weighted by molar-refractivity contribution is 4.61. The summed E-state index contributed by atoms with van der Waals surface area (Å²) in [4.78, 5) is 1.89.